The Balaban J connectivity index is 0.000000505. The molecule has 2 aromatic carbocycles. The number of hydrogen-bond donors (Lipinski definition) is 2. The van der Waals surface area contributed by atoms with Crippen LogP contribution in [-0.2, 0) is 11.3 Å². The van der Waals surface area contributed by atoms with E-state index < -0.39 is 12.1 Å². The van der Waals surface area contributed by atoms with Crippen molar-refractivity contribution in [3.63, 3.8) is 0 Å². The lowest BCUT2D eigenvalue weighted by Crippen LogP contribution is -2.37. The number of rotatable bonds is 6. The number of ether oxygens (including phenoxy) is 1. The van der Waals surface area contributed by atoms with Crippen molar-refractivity contribution in [2.45, 2.75) is 37.7 Å². The standard InChI is InChI=1S/C23H26Cl2IN3O2.C2HF3O2/c1-28-8-7-18(14-28)31-22-10-15(2-5-21(22)26)12-29-9-6-17(13-29)27-23(30)16-3-4-19(24)20(25)11-16;3-2(4,5)1(6)7/h2-5,10-11,17-18H,6-9,12-14H2,1H3,(H,27,30);(H,6,7)/t17-,18?;/m0./s1. The lowest BCUT2D eigenvalue weighted by atomic mass is 10.2. The van der Waals surface area contributed by atoms with Crippen molar-refractivity contribution in [3.8, 4) is 5.75 Å². The van der Waals surface area contributed by atoms with Crippen molar-refractivity contribution >= 4 is 57.7 Å². The normalized spacial score (nSPS) is 20.1. The highest BCUT2D eigenvalue weighted by molar-refractivity contribution is 14.1. The molecule has 208 valence electrons. The summed E-state index contributed by atoms with van der Waals surface area (Å²) in [5.74, 6) is -1.90. The number of aliphatic carboxylic acids is 1. The van der Waals surface area contributed by atoms with E-state index in [1.165, 1.54) is 5.56 Å². The summed E-state index contributed by atoms with van der Waals surface area (Å²) in [5.41, 5.74) is 1.77. The Bertz CT molecular complexity index is 1160. The Labute approximate surface area is 242 Å². The molecule has 0 saturated carbocycles. The topological polar surface area (TPSA) is 82.1 Å². The second kappa shape index (κ2) is 13.5. The van der Waals surface area contributed by atoms with Crippen LogP contribution in [0.1, 0.15) is 28.8 Å². The van der Waals surface area contributed by atoms with E-state index in [1.807, 2.05) is 0 Å². The van der Waals surface area contributed by atoms with Crippen LogP contribution >= 0.6 is 45.8 Å². The number of likely N-dealkylation sites (tertiary alicyclic amines) is 2. The molecule has 4 rings (SSSR count). The van der Waals surface area contributed by atoms with Gasteiger partial charge in [0.15, 0.2) is 0 Å². The summed E-state index contributed by atoms with van der Waals surface area (Å²) in [6, 6.07) is 11.5. The van der Waals surface area contributed by atoms with Crippen LogP contribution in [0.15, 0.2) is 36.4 Å². The molecule has 1 unspecified atom stereocenters. The molecule has 2 fully saturated rings. The van der Waals surface area contributed by atoms with E-state index >= 15 is 0 Å². The number of nitrogens with one attached hydrogen (secondary N) is 1. The average molecular weight is 688 g/mol. The zero-order chi connectivity index (χ0) is 28.0. The number of hydrogen-bond acceptors (Lipinski definition) is 5. The zero-order valence-corrected chi connectivity index (χ0v) is 24.1. The van der Waals surface area contributed by atoms with Crippen molar-refractivity contribution in [2.24, 2.45) is 0 Å². The lowest BCUT2D eigenvalue weighted by molar-refractivity contribution is -0.192. The van der Waals surface area contributed by atoms with E-state index in [0.717, 1.165) is 54.9 Å². The van der Waals surface area contributed by atoms with E-state index in [0.29, 0.717) is 15.6 Å². The fourth-order valence-electron chi connectivity index (χ4n) is 4.17. The number of likely N-dealkylation sites (N-methyl/N-ethyl adjacent to an activating group) is 1. The van der Waals surface area contributed by atoms with Gasteiger partial charge in [0, 0.05) is 44.3 Å². The van der Waals surface area contributed by atoms with Crippen molar-refractivity contribution in [2.75, 3.05) is 33.2 Å². The van der Waals surface area contributed by atoms with Crippen LogP contribution in [0.3, 0.4) is 0 Å². The second-order valence-corrected chi connectivity index (χ2v) is 11.2. The van der Waals surface area contributed by atoms with Crippen molar-refractivity contribution in [1.29, 1.82) is 0 Å². The Kier molecular flexibility index (Phi) is 10.9. The molecule has 0 bridgehead atoms. The molecule has 1 amide bonds. The van der Waals surface area contributed by atoms with Crippen LogP contribution in [0.5, 0.6) is 5.75 Å². The second-order valence-electron chi connectivity index (χ2n) is 9.18. The quantitative estimate of drug-likeness (QED) is 0.401. The largest absolute Gasteiger partial charge is 0.490 e. The van der Waals surface area contributed by atoms with Gasteiger partial charge in [0.05, 0.1) is 13.6 Å². The number of nitrogens with zero attached hydrogens (tertiary/aromatic N) is 2. The van der Waals surface area contributed by atoms with Gasteiger partial charge in [-0.05, 0) is 78.4 Å². The average Bonchev–Trinajstić information content (AvgIpc) is 3.45. The van der Waals surface area contributed by atoms with Gasteiger partial charge in [0.25, 0.3) is 5.91 Å². The summed E-state index contributed by atoms with van der Waals surface area (Å²) >= 11 is 14.3. The molecule has 7 nitrogen and oxygen atoms in total. The molecule has 2 atom stereocenters. The summed E-state index contributed by atoms with van der Waals surface area (Å²) in [4.78, 5) is 26.1. The van der Waals surface area contributed by atoms with E-state index in [1.54, 1.807) is 18.2 Å². The monoisotopic (exact) mass is 687 g/mol. The van der Waals surface area contributed by atoms with Gasteiger partial charge in [-0.25, -0.2) is 4.79 Å². The fraction of sp³-hybridized carbons (Fsp3) is 0.440. The molecule has 2 heterocycles. The summed E-state index contributed by atoms with van der Waals surface area (Å²) in [5, 5.41) is 11.1. The number of alkyl halides is 3. The molecule has 2 aliphatic rings. The Morgan fingerprint density at radius 3 is 2.42 bits per heavy atom. The van der Waals surface area contributed by atoms with Gasteiger partial charge in [-0.15, -0.1) is 0 Å². The number of amides is 1. The first-order chi connectivity index (χ1) is 17.8. The molecule has 0 radical (unpaired) electrons. The number of carboxylic acids is 1. The minimum absolute atomic E-state index is 0.114. The molecule has 0 aromatic heterocycles. The molecule has 38 heavy (non-hydrogen) atoms. The third kappa shape index (κ3) is 9.15. The first kappa shape index (κ1) is 30.7. The highest BCUT2D eigenvalue weighted by atomic mass is 127. The Hall–Kier alpha value is -1.80. The van der Waals surface area contributed by atoms with Crippen LogP contribution in [-0.4, -0.2) is 78.3 Å². The van der Waals surface area contributed by atoms with E-state index in [2.05, 4.69) is 63.0 Å². The van der Waals surface area contributed by atoms with Gasteiger partial charge in [-0.3, -0.25) is 9.69 Å². The Morgan fingerprint density at radius 2 is 1.82 bits per heavy atom. The summed E-state index contributed by atoms with van der Waals surface area (Å²) in [7, 11) is 2.13. The third-order valence-electron chi connectivity index (χ3n) is 6.08. The highest BCUT2D eigenvalue weighted by Crippen LogP contribution is 2.27. The highest BCUT2D eigenvalue weighted by Gasteiger charge is 2.38. The predicted molar refractivity (Wildman–Crippen MR) is 147 cm³/mol. The van der Waals surface area contributed by atoms with Crippen LogP contribution < -0.4 is 10.1 Å². The fourth-order valence-corrected chi connectivity index (χ4v) is 4.93. The van der Waals surface area contributed by atoms with E-state index in [9.17, 15) is 18.0 Å². The number of carbonyl (C=O) groups excluding carboxylic acids is 1. The van der Waals surface area contributed by atoms with E-state index in [-0.39, 0.29) is 18.1 Å². The third-order valence-corrected chi connectivity index (χ3v) is 7.71. The molecular formula is C25H27Cl2F3IN3O4. The van der Waals surface area contributed by atoms with Gasteiger partial charge in [0.2, 0.25) is 0 Å². The SMILES string of the molecule is CN1CCC(Oc2cc(CN3CC[C@H](NC(=O)c4ccc(Cl)c(Cl)c4)C3)ccc2I)C1.O=C(O)C(F)(F)F. The minimum Gasteiger partial charge on any atom is -0.488 e. The predicted octanol–water partition coefficient (Wildman–Crippen LogP) is 5.32. The van der Waals surface area contributed by atoms with Gasteiger partial charge >= 0.3 is 12.1 Å². The molecule has 2 aromatic rings. The lowest BCUT2D eigenvalue weighted by Gasteiger charge is -2.19. The molecule has 0 spiro atoms. The van der Waals surface area contributed by atoms with Gasteiger partial charge < -0.3 is 20.1 Å². The number of carbonyl (C=O) groups is 2. The summed E-state index contributed by atoms with van der Waals surface area (Å²) < 4.78 is 39.2. The van der Waals surface area contributed by atoms with Crippen molar-refractivity contribution in [3.05, 3.63) is 61.1 Å². The van der Waals surface area contributed by atoms with Crippen LogP contribution in [0.2, 0.25) is 10.0 Å². The van der Waals surface area contributed by atoms with Crippen LogP contribution in [0, 0.1) is 3.57 Å². The molecule has 13 heteroatoms. The molecular weight excluding hydrogens is 661 g/mol. The van der Waals surface area contributed by atoms with Crippen molar-refractivity contribution in [1.82, 2.24) is 15.1 Å². The summed E-state index contributed by atoms with van der Waals surface area (Å²) in [6.07, 6.45) is -2.82. The number of halogens is 6. The number of carboxylic acid groups (broad SMARTS) is 1. The van der Waals surface area contributed by atoms with Gasteiger partial charge in [0.1, 0.15) is 11.9 Å². The zero-order valence-electron chi connectivity index (χ0n) is 20.4. The number of benzene rings is 2. The molecule has 2 saturated heterocycles. The smallest absolute Gasteiger partial charge is 0.488 e. The van der Waals surface area contributed by atoms with Crippen LogP contribution in [0.4, 0.5) is 13.2 Å². The van der Waals surface area contributed by atoms with E-state index in [4.69, 9.17) is 37.8 Å². The molecule has 0 aliphatic carbocycles. The van der Waals surface area contributed by atoms with Crippen molar-refractivity contribution < 1.29 is 32.6 Å². The minimum atomic E-state index is -5.08. The van der Waals surface area contributed by atoms with Gasteiger partial charge in [-0.1, -0.05) is 29.3 Å². The first-order valence-electron chi connectivity index (χ1n) is 11.7. The summed E-state index contributed by atoms with van der Waals surface area (Å²) in [6.45, 7) is 4.68. The maximum absolute atomic E-state index is 12.5. The maximum Gasteiger partial charge on any atom is 0.490 e. The molecule has 2 N–H and O–H groups in total. The first-order valence-corrected chi connectivity index (χ1v) is 13.6. The Morgan fingerprint density at radius 1 is 1.11 bits per heavy atom. The van der Waals surface area contributed by atoms with Crippen LogP contribution in [0.25, 0.3) is 0 Å². The molecule has 2 aliphatic heterocycles. The van der Waals surface area contributed by atoms with Gasteiger partial charge in [-0.2, -0.15) is 13.2 Å². The maximum atomic E-state index is 12.5.